The summed E-state index contributed by atoms with van der Waals surface area (Å²) in [5.74, 6) is 0.787. The fourth-order valence-corrected chi connectivity index (χ4v) is 1.56. The largest absolute Gasteiger partial charge is 0.490 e. The lowest BCUT2D eigenvalue weighted by Crippen LogP contribution is -2.29. The summed E-state index contributed by atoms with van der Waals surface area (Å²) in [5, 5.41) is 11.6. The molecule has 0 radical (unpaired) electrons. The quantitative estimate of drug-likeness (QED) is 0.739. The number of hydrogen-bond donors (Lipinski definition) is 1. The van der Waals surface area contributed by atoms with Crippen LogP contribution in [0.1, 0.15) is 32.3 Å². The van der Waals surface area contributed by atoms with Crippen LogP contribution in [0.4, 0.5) is 0 Å². The Bertz CT molecular complexity index is 480. The van der Waals surface area contributed by atoms with E-state index in [1.807, 2.05) is 13.0 Å². The van der Waals surface area contributed by atoms with Gasteiger partial charge >= 0.3 is 0 Å². The molecule has 20 heavy (non-hydrogen) atoms. The molecule has 1 N–H and O–H groups in total. The van der Waals surface area contributed by atoms with E-state index >= 15 is 0 Å². The van der Waals surface area contributed by atoms with E-state index in [0.29, 0.717) is 30.2 Å². The minimum atomic E-state index is -0.162. The van der Waals surface area contributed by atoms with Gasteiger partial charge in [-0.25, -0.2) is 0 Å². The third kappa shape index (κ3) is 5.19. The molecule has 0 unspecified atom stereocenters. The Morgan fingerprint density at radius 2 is 2.10 bits per heavy atom. The third-order valence-corrected chi connectivity index (χ3v) is 2.58. The van der Waals surface area contributed by atoms with Crippen LogP contribution in [-0.2, 0) is 4.79 Å². The van der Waals surface area contributed by atoms with E-state index in [-0.39, 0.29) is 12.5 Å². The van der Waals surface area contributed by atoms with Crippen LogP contribution in [0.2, 0.25) is 0 Å². The minimum absolute atomic E-state index is 0.0598. The first-order valence-electron chi connectivity index (χ1n) is 6.77. The van der Waals surface area contributed by atoms with Crippen molar-refractivity contribution in [3.63, 3.8) is 0 Å². The highest BCUT2D eigenvalue weighted by atomic mass is 16.5. The molecule has 0 bridgehead atoms. The normalized spacial score (nSPS) is 9.65. The van der Waals surface area contributed by atoms with Crippen LogP contribution in [0.3, 0.4) is 0 Å². The predicted molar refractivity (Wildman–Crippen MR) is 75.7 cm³/mol. The van der Waals surface area contributed by atoms with Crippen molar-refractivity contribution in [1.29, 1.82) is 5.26 Å². The number of unbranched alkanes of at least 4 members (excludes halogenated alkanes) is 1. The van der Waals surface area contributed by atoms with E-state index in [9.17, 15) is 4.79 Å². The molecule has 108 valence electrons. The van der Waals surface area contributed by atoms with Gasteiger partial charge in [-0.05, 0) is 25.5 Å². The van der Waals surface area contributed by atoms with Crippen LogP contribution >= 0.6 is 0 Å². The first kappa shape index (κ1) is 15.8. The molecule has 1 amide bonds. The number of benzene rings is 1. The van der Waals surface area contributed by atoms with Crippen molar-refractivity contribution in [2.45, 2.75) is 26.7 Å². The maximum Gasteiger partial charge on any atom is 0.257 e. The van der Waals surface area contributed by atoms with Crippen molar-refractivity contribution < 1.29 is 14.3 Å². The summed E-state index contributed by atoms with van der Waals surface area (Å²) >= 11 is 0. The van der Waals surface area contributed by atoms with E-state index in [2.05, 4.69) is 12.2 Å². The zero-order chi connectivity index (χ0) is 14.8. The van der Waals surface area contributed by atoms with Gasteiger partial charge in [0.05, 0.1) is 18.2 Å². The Hall–Kier alpha value is -2.22. The average molecular weight is 276 g/mol. The van der Waals surface area contributed by atoms with E-state index < -0.39 is 0 Å². The van der Waals surface area contributed by atoms with Gasteiger partial charge in [-0.3, -0.25) is 4.79 Å². The van der Waals surface area contributed by atoms with Crippen molar-refractivity contribution in [1.82, 2.24) is 5.32 Å². The molecule has 0 atom stereocenters. The van der Waals surface area contributed by atoms with Crippen LogP contribution in [0.15, 0.2) is 18.2 Å². The lowest BCUT2D eigenvalue weighted by molar-refractivity contribution is -0.123. The van der Waals surface area contributed by atoms with E-state index in [1.165, 1.54) is 0 Å². The standard InChI is InChI=1S/C15H20N2O3/c1-3-5-8-17-15(18)11-20-13-7-6-12(10-16)9-14(13)19-4-2/h6-7,9H,3-5,8,11H2,1-2H3,(H,17,18). The van der Waals surface area contributed by atoms with Crippen LogP contribution < -0.4 is 14.8 Å². The second-order valence-electron chi connectivity index (χ2n) is 4.20. The maximum absolute atomic E-state index is 11.6. The molecule has 0 aliphatic heterocycles. The SMILES string of the molecule is CCCCNC(=O)COc1ccc(C#N)cc1OCC. The summed E-state index contributed by atoms with van der Waals surface area (Å²) in [6, 6.07) is 6.92. The molecule has 5 nitrogen and oxygen atoms in total. The zero-order valence-electron chi connectivity index (χ0n) is 11.9. The molecular formula is C15H20N2O3. The van der Waals surface area contributed by atoms with Gasteiger partial charge in [0.1, 0.15) is 0 Å². The Labute approximate surface area is 119 Å². The summed E-state index contributed by atoms with van der Waals surface area (Å²) in [4.78, 5) is 11.6. The summed E-state index contributed by atoms with van der Waals surface area (Å²) in [6.45, 7) is 4.97. The highest BCUT2D eigenvalue weighted by Gasteiger charge is 2.08. The van der Waals surface area contributed by atoms with E-state index in [4.69, 9.17) is 14.7 Å². The van der Waals surface area contributed by atoms with Crippen LogP contribution in [-0.4, -0.2) is 25.7 Å². The van der Waals surface area contributed by atoms with Crippen molar-refractivity contribution in [2.75, 3.05) is 19.8 Å². The van der Waals surface area contributed by atoms with Crippen molar-refractivity contribution >= 4 is 5.91 Å². The predicted octanol–water partition coefficient (Wildman–Crippen LogP) is 2.25. The molecule has 1 aromatic carbocycles. The molecular weight excluding hydrogens is 256 g/mol. The Morgan fingerprint density at radius 3 is 2.75 bits per heavy atom. The number of ether oxygens (including phenoxy) is 2. The molecule has 0 fully saturated rings. The molecule has 1 aromatic rings. The van der Waals surface area contributed by atoms with Gasteiger partial charge < -0.3 is 14.8 Å². The van der Waals surface area contributed by atoms with Gasteiger partial charge in [0, 0.05) is 12.6 Å². The number of carbonyl (C=O) groups is 1. The molecule has 0 spiro atoms. The highest BCUT2D eigenvalue weighted by molar-refractivity contribution is 5.77. The number of nitriles is 1. The second kappa shape index (κ2) is 8.81. The Balaban J connectivity index is 2.58. The van der Waals surface area contributed by atoms with Crippen LogP contribution in [0.25, 0.3) is 0 Å². The fourth-order valence-electron chi connectivity index (χ4n) is 1.56. The molecule has 5 heteroatoms. The van der Waals surface area contributed by atoms with Gasteiger partial charge in [0.25, 0.3) is 5.91 Å². The van der Waals surface area contributed by atoms with Gasteiger partial charge in [-0.2, -0.15) is 5.26 Å². The van der Waals surface area contributed by atoms with Gasteiger partial charge in [-0.1, -0.05) is 13.3 Å². The van der Waals surface area contributed by atoms with Gasteiger partial charge in [-0.15, -0.1) is 0 Å². The average Bonchev–Trinajstić information content (AvgIpc) is 2.46. The first-order valence-corrected chi connectivity index (χ1v) is 6.77. The first-order chi connectivity index (χ1) is 9.71. The van der Waals surface area contributed by atoms with Crippen molar-refractivity contribution in [2.24, 2.45) is 0 Å². The maximum atomic E-state index is 11.6. The minimum Gasteiger partial charge on any atom is -0.490 e. The zero-order valence-corrected chi connectivity index (χ0v) is 11.9. The van der Waals surface area contributed by atoms with E-state index in [1.54, 1.807) is 18.2 Å². The number of hydrogen-bond acceptors (Lipinski definition) is 4. The Kier molecular flexibility index (Phi) is 6.97. The highest BCUT2D eigenvalue weighted by Crippen LogP contribution is 2.28. The number of amides is 1. The molecule has 1 rings (SSSR count). The lowest BCUT2D eigenvalue weighted by atomic mass is 10.2. The smallest absolute Gasteiger partial charge is 0.257 e. The summed E-state index contributed by atoms with van der Waals surface area (Å²) < 4.78 is 10.8. The molecule has 0 saturated carbocycles. The number of carbonyl (C=O) groups excluding carboxylic acids is 1. The number of nitrogens with zero attached hydrogens (tertiary/aromatic N) is 1. The van der Waals surface area contributed by atoms with Crippen LogP contribution in [0.5, 0.6) is 11.5 Å². The van der Waals surface area contributed by atoms with Gasteiger partial charge in [0.2, 0.25) is 0 Å². The molecule has 0 aliphatic rings. The fraction of sp³-hybridized carbons (Fsp3) is 0.467. The van der Waals surface area contributed by atoms with Gasteiger partial charge in [0.15, 0.2) is 18.1 Å². The lowest BCUT2D eigenvalue weighted by Gasteiger charge is -2.12. The molecule has 0 aromatic heterocycles. The van der Waals surface area contributed by atoms with E-state index in [0.717, 1.165) is 12.8 Å². The summed E-state index contributed by atoms with van der Waals surface area (Å²) in [7, 11) is 0. The summed E-state index contributed by atoms with van der Waals surface area (Å²) in [5.41, 5.74) is 0.494. The topological polar surface area (TPSA) is 71.3 Å². The Morgan fingerprint density at radius 1 is 1.30 bits per heavy atom. The molecule has 0 heterocycles. The van der Waals surface area contributed by atoms with Crippen molar-refractivity contribution in [3.8, 4) is 17.6 Å². The summed E-state index contributed by atoms with van der Waals surface area (Å²) in [6.07, 6.45) is 1.98. The molecule has 0 aliphatic carbocycles. The number of nitrogens with one attached hydrogen (secondary N) is 1. The number of rotatable bonds is 8. The monoisotopic (exact) mass is 276 g/mol. The second-order valence-corrected chi connectivity index (χ2v) is 4.20. The van der Waals surface area contributed by atoms with Crippen LogP contribution in [0, 0.1) is 11.3 Å². The van der Waals surface area contributed by atoms with Crippen molar-refractivity contribution in [3.05, 3.63) is 23.8 Å². The third-order valence-electron chi connectivity index (χ3n) is 2.58. The molecule has 0 saturated heterocycles.